The number of carbonyl (C=O) groups is 6. The van der Waals surface area contributed by atoms with Crippen LogP contribution >= 0.6 is 11.8 Å². The molecule has 0 spiro atoms. The summed E-state index contributed by atoms with van der Waals surface area (Å²) in [4.78, 5) is 93.4. The van der Waals surface area contributed by atoms with E-state index in [1.165, 1.54) is 29.0 Å². The summed E-state index contributed by atoms with van der Waals surface area (Å²) in [7, 11) is 0. The topological polar surface area (TPSA) is 314 Å². The van der Waals surface area contributed by atoms with Crippen molar-refractivity contribution in [1.29, 1.82) is 0 Å². The van der Waals surface area contributed by atoms with Crippen LogP contribution in [0, 0.1) is 5.92 Å². The van der Waals surface area contributed by atoms with Crippen LogP contribution in [0.5, 0.6) is 0 Å². The minimum absolute atomic E-state index is 0.0187. The number of nitrogens with one attached hydrogen (secondary N) is 6. The predicted molar refractivity (Wildman–Crippen MR) is 264 cm³/mol. The number of amides is 6. The van der Waals surface area contributed by atoms with Crippen molar-refractivity contribution < 1.29 is 48.8 Å². The van der Waals surface area contributed by atoms with Gasteiger partial charge in [0.25, 0.3) is 0 Å². The van der Waals surface area contributed by atoms with E-state index in [1.807, 2.05) is 44.4 Å². The number of primary amides is 1. The molecular formula is C49H61N11O10S. The number of nitrogens with two attached hydrogens (primary N) is 1. The molecule has 5 aromatic rings. The molecule has 1 saturated heterocycles. The van der Waals surface area contributed by atoms with Gasteiger partial charge in [-0.3, -0.25) is 33.3 Å². The van der Waals surface area contributed by atoms with E-state index in [1.54, 1.807) is 60.7 Å². The highest BCUT2D eigenvalue weighted by Crippen LogP contribution is 2.32. The summed E-state index contributed by atoms with van der Waals surface area (Å²) < 4.78 is 7.10. The minimum Gasteiger partial charge on any atom is -0.394 e. The fourth-order valence-corrected chi connectivity index (χ4v) is 8.41. The first-order valence-corrected chi connectivity index (χ1v) is 24.5. The van der Waals surface area contributed by atoms with E-state index >= 15 is 0 Å². The Morgan fingerprint density at radius 2 is 1.34 bits per heavy atom. The lowest BCUT2D eigenvalue weighted by Gasteiger charge is -2.24. The zero-order valence-corrected chi connectivity index (χ0v) is 40.4. The molecule has 0 radical (unpaired) electrons. The number of ether oxygens (including phenoxy) is 1. The predicted octanol–water partition coefficient (Wildman–Crippen LogP) is 0.549. The van der Waals surface area contributed by atoms with Crippen LogP contribution in [0.2, 0.25) is 0 Å². The van der Waals surface area contributed by atoms with Gasteiger partial charge in [0.2, 0.25) is 35.4 Å². The van der Waals surface area contributed by atoms with Gasteiger partial charge < -0.3 is 57.7 Å². The van der Waals surface area contributed by atoms with Crippen molar-refractivity contribution in [3.63, 3.8) is 0 Å². The molecule has 3 heterocycles. The molecule has 71 heavy (non-hydrogen) atoms. The maximum absolute atomic E-state index is 14.2. The highest BCUT2D eigenvalue weighted by atomic mass is 32.2. The van der Waals surface area contributed by atoms with Gasteiger partial charge >= 0.3 is 0 Å². The van der Waals surface area contributed by atoms with E-state index in [0.717, 1.165) is 5.56 Å². The molecule has 6 rings (SSSR count). The normalized spacial score (nSPS) is 18.2. The molecule has 8 atom stereocenters. The third kappa shape index (κ3) is 15.0. The molecule has 0 saturated carbocycles. The Labute approximate surface area is 414 Å². The van der Waals surface area contributed by atoms with Crippen molar-refractivity contribution in [3.05, 3.63) is 114 Å². The quantitative estimate of drug-likeness (QED) is 0.0382. The van der Waals surface area contributed by atoms with Crippen molar-refractivity contribution in [1.82, 2.24) is 46.1 Å². The van der Waals surface area contributed by atoms with E-state index < -0.39 is 97.3 Å². The molecule has 0 aliphatic carbocycles. The largest absolute Gasteiger partial charge is 0.394 e. The van der Waals surface area contributed by atoms with Gasteiger partial charge in [0.05, 0.1) is 25.9 Å². The zero-order valence-electron chi connectivity index (χ0n) is 39.6. The summed E-state index contributed by atoms with van der Waals surface area (Å²) in [6.07, 6.45) is 0.482. The number of aromatic nitrogens is 4. The zero-order chi connectivity index (χ0) is 51.0. The molecule has 6 amide bonds. The number of anilines is 2. The number of rotatable bonds is 25. The maximum Gasteiger partial charge on any atom is 0.243 e. The highest BCUT2D eigenvalue weighted by Gasteiger charge is 2.44. The van der Waals surface area contributed by atoms with Gasteiger partial charge in [-0.25, -0.2) is 15.0 Å². The molecule has 1 fully saturated rings. The third-order valence-electron chi connectivity index (χ3n) is 11.6. The summed E-state index contributed by atoms with van der Waals surface area (Å²) in [5.74, 6) is -2.84. The van der Waals surface area contributed by atoms with Gasteiger partial charge in [-0.1, -0.05) is 86.6 Å². The van der Waals surface area contributed by atoms with Crippen LogP contribution in [0.4, 0.5) is 11.5 Å². The summed E-state index contributed by atoms with van der Waals surface area (Å²) in [5, 5.41) is 47.1. The van der Waals surface area contributed by atoms with Crippen molar-refractivity contribution in [2.45, 2.75) is 94.7 Å². The summed E-state index contributed by atoms with van der Waals surface area (Å²) in [5.41, 5.74) is 8.85. The fraction of sp³-hybridized carbons (Fsp3) is 0.408. The monoisotopic (exact) mass is 995 g/mol. The summed E-state index contributed by atoms with van der Waals surface area (Å²) in [6, 6.07) is 20.7. The minimum atomic E-state index is -1.34. The van der Waals surface area contributed by atoms with Crippen LogP contribution in [0.25, 0.3) is 11.2 Å². The highest BCUT2D eigenvalue weighted by molar-refractivity contribution is 7.98. The van der Waals surface area contributed by atoms with Crippen LogP contribution in [0.15, 0.2) is 97.6 Å². The first-order valence-electron chi connectivity index (χ1n) is 23.1. The van der Waals surface area contributed by atoms with Gasteiger partial charge in [0, 0.05) is 18.5 Å². The molecule has 0 unspecified atom stereocenters. The molecule has 11 N–H and O–H groups in total. The Kier molecular flexibility index (Phi) is 19.4. The van der Waals surface area contributed by atoms with E-state index in [9.17, 15) is 44.1 Å². The van der Waals surface area contributed by atoms with Gasteiger partial charge in [-0.15, -0.1) is 0 Å². The number of aliphatic hydroxyl groups excluding tert-OH is 3. The number of carbonyl (C=O) groups excluding carboxylic acids is 6. The van der Waals surface area contributed by atoms with E-state index in [2.05, 4.69) is 46.9 Å². The van der Waals surface area contributed by atoms with Crippen LogP contribution in [0.1, 0.15) is 49.6 Å². The van der Waals surface area contributed by atoms with Gasteiger partial charge in [0.15, 0.2) is 23.2 Å². The Morgan fingerprint density at radius 1 is 0.732 bits per heavy atom. The van der Waals surface area contributed by atoms with Gasteiger partial charge in [0.1, 0.15) is 48.8 Å². The second kappa shape index (κ2) is 25.8. The van der Waals surface area contributed by atoms with Crippen LogP contribution < -0.4 is 37.6 Å². The number of thioether (sulfide) groups is 1. The van der Waals surface area contributed by atoms with Crippen molar-refractivity contribution in [2.24, 2.45) is 11.7 Å². The molecule has 1 aliphatic heterocycles. The Balaban J connectivity index is 1.11. The average molecular weight is 996 g/mol. The second-order valence-corrected chi connectivity index (χ2v) is 18.5. The van der Waals surface area contributed by atoms with Gasteiger partial charge in [-0.05, 0) is 59.6 Å². The van der Waals surface area contributed by atoms with Gasteiger partial charge in [-0.2, -0.15) is 11.8 Å². The molecule has 0 bridgehead atoms. The molecule has 22 heteroatoms. The van der Waals surface area contributed by atoms with E-state index in [0.29, 0.717) is 46.0 Å². The number of imidazole rings is 1. The van der Waals surface area contributed by atoms with Crippen LogP contribution in [0.3, 0.4) is 0 Å². The molecule has 21 nitrogen and oxygen atoms in total. The number of nitrogens with zero attached hydrogens (tertiary/aromatic N) is 4. The first-order chi connectivity index (χ1) is 34.1. The number of fused-ring (bicyclic) bond motifs is 1. The smallest absolute Gasteiger partial charge is 0.243 e. The fourth-order valence-electron chi connectivity index (χ4n) is 7.94. The lowest BCUT2D eigenvalue weighted by atomic mass is 10.0. The first kappa shape index (κ1) is 53.4. The number of hydrogen-bond acceptors (Lipinski definition) is 15. The summed E-state index contributed by atoms with van der Waals surface area (Å²) in [6.45, 7) is 2.73. The average Bonchev–Trinajstić information content (AvgIpc) is 3.91. The van der Waals surface area contributed by atoms with Crippen molar-refractivity contribution >= 4 is 69.9 Å². The molecule has 3 aromatic carbocycles. The van der Waals surface area contributed by atoms with Crippen molar-refractivity contribution in [2.75, 3.05) is 30.5 Å². The second-order valence-electron chi connectivity index (χ2n) is 17.5. The Bertz CT molecular complexity index is 2590. The van der Waals surface area contributed by atoms with E-state index in [-0.39, 0.29) is 31.6 Å². The standard InChI is InChI=1S/C49H61N11O10S/c1-28(2)20-34(47(68)58-33(43(50)66)18-19-71-3)57-39(63)24-51-46(67)35(21-29-10-6-4-7-11-29)59-48(69)36(22-30-12-8-5-9-13-30)56-38(62)23-31-14-16-32(17-15-31)55-44-40-45(53-26-52-44)60(27-54-40)49-42(65)41(64)37(25-61)70-49/h4-17,26-28,33-37,41-42,49,61,64-65H,18-25H2,1-3H3,(H2,50,66)(H,51,67)(H,56,62)(H,57,63)(H,58,68)(H,59,69)(H,52,53,55)/t33-,34-,35-,36-,37+,41+,42+,49+/m0/s1. The maximum atomic E-state index is 14.2. The number of aliphatic hydroxyl groups is 3. The third-order valence-corrected chi connectivity index (χ3v) is 12.3. The lowest BCUT2D eigenvalue weighted by Crippen LogP contribution is -2.57. The lowest BCUT2D eigenvalue weighted by molar-refractivity contribution is -0.133. The van der Waals surface area contributed by atoms with Crippen LogP contribution in [-0.2, 0) is 52.8 Å². The van der Waals surface area contributed by atoms with Crippen molar-refractivity contribution in [3.8, 4) is 0 Å². The number of benzene rings is 3. The van der Waals surface area contributed by atoms with E-state index in [4.69, 9.17) is 10.5 Å². The Morgan fingerprint density at radius 3 is 1.93 bits per heavy atom. The molecule has 2 aromatic heterocycles. The molecule has 1 aliphatic rings. The van der Waals surface area contributed by atoms with Crippen LogP contribution in [-0.4, -0.2) is 138 Å². The Hall–Kier alpha value is -6.98. The number of hydrogen-bond donors (Lipinski definition) is 10. The molecule has 378 valence electrons. The summed E-state index contributed by atoms with van der Waals surface area (Å²) >= 11 is 1.49. The molecular weight excluding hydrogens is 935 g/mol. The SMILES string of the molecule is CSCC[C@H](NC(=O)[C@H](CC(C)C)NC(=O)CNC(=O)[C@H](Cc1ccccc1)NC(=O)[C@H](Cc1ccccc1)NC(=O)Cc1ccc(Nc2ncnc3c2ncn3[C@@H]2O[C@H](CO)[C@@H](O)[C@H]2O)cc1)C(N)=O.